The minimum atomic E-state index is 0.718. The molecular weight excluding hydrogens is 382 g/mol. The summed E-state index contributed by atoms with van der Waals surface area (Å²) in [5, 5.41) is 9.59. The third kappa shape index (κ3) is 4.60. The molecule has 3 aromatic carbocycles. The molecule has 0 unspecified atom stereocenters. The van der Waals surface area contributed by atoms with Gasteiger partial charge in [-0.15, -0.1) is 11.3 Å². The third-order valence-corrected chi connectivity index (χ3v) is 5.37. The Balaban J connectivity index is 1.47. The highest BCUT2D eigenvalue weighted by atomic mass is 32.1. The molecule has 0 atom stereocenters. The van der Waals surface area contributed by atoms with Crippen LogP contribution in [-0.2, 0) is 0 Å². The fraction of sp³-hybridized carbons (Fsp3) is 0.174. The Hall–Kier alpha value is -3.25. The van der Waals surface area contributed by atoms with Gasteiger partial charge >= 0.3 is 0 Å². The van der Waals surface area contributed by atoms with Crippen molar-refractivity contribution in [3.8, 4) is 22.1 Å². The van der Waals surface area contributed by atoms with Gasteiger partial charge in [-0.25, -0.2) is 4.98 Å². The van der Waals surface area contributed by atoms with Crippen molar-refractivity contribution in [3.05, 3.63) is 66.7 Å². The number of benzene rings is 3. The van der Waals surface area contributed by atoms with Crippen LogP contribution in [0.1, 0.15) is 13.3 Å². The van der Waals surface area contributed by atoms with E-state index in [9.17, 15) is 0 Å². The number of ether oxygens (including phenoxy) is 2. The van der Waals surface area contributed by atoms with E-state index in [0.717, 1.165) is 56.7 Å². The molecule has 0 aliphatic heterocycles. The fourth-order valence-electron chi connectivity index (χ4n) is 2.77. The summed E-state index contributed by atoms with van der Waals surface area (Å²) < 4.78 is 12.0. The molecule has 0 amide bonds. The minimum Gasteiger partial charge on any atom is -0.497 e. The van der Waals surface area contributed by atoms with Gasteiger partial charge in [0.2, 0.25) is 0 Å². The summed E-state index contributed by atoms with van der Waals surface area (Å²) in [6.45, 7) is 2.80. The first kappa shape index (κ1) is 19.1. The second-order valence-electron chi connectivity index (χ2n) is 6.44. The SMILES string of the molecule is CCCOc1ccc(N=Nc2ccc(-c3nc4ccc(OC)cc4s3)cc2)cc1. The Morgan fingerprint density at radius 2 is 1.52 bits per heavy atom. The van der Waals surface area contributed by atoms with E-state index in [2.05, 4.69) is 17.2 Å². The first-order valence-electron chi connectivity index (χ1n) is 9.45. The van der Waals surface area contributed by atoms with Gasteiger partial charge in [-0.2, -0.15) is 10.2 Å². The third-order valence-electron chi connectivity index (χ3n) is 4.30. The van der Waals surface area contributed by atoms with Crippen LogP contribution in [0.25, 0.3) is 20.8 Å². The summed E-state index contributed by atoms with van der Waals surface area (Å²) in [6, 6.07) is 21.5. The monoisotopic (exact) mass is 403 g/mol. The average Bonchev–Trinajstić information content (AvgIpc) is 3.20. The first-order chi connectivity index (χ1) is 14.2. The standard InChI is InChI=1S/C23H21N3O2S/c1-3-14-28-19-10-8-18(9-11-19)26-25-17-6-4-16(5-7-17)23-24-21-13-12-20(27-2)15-22(21)29-23/h4-13,15H,3,14H2,1-2H3. The van der Waals surface area contributed by atoms with Crippen molar-refractivity contribution in [3.63, 3.8) is 0 Å². The molecule has 1 heterocycles. The van der Waals surface area contributed by atoms with Gasteiger partial charge in [0.05, 0.1) is 35.3 Å². The number of thiazole rings is 1. The molecule has 29 heavy (non-hydrogen) atoms. The lowest BCUT2D eigenvalue weighted by molar-refractivity contribution is 0.317. The van der Waals surface area contributed by atoms with E-state index in [0.29, 0.717) is 0 Å². The molecule has 0 fully saturated rings. The largest absolute Gasteiger partial charge is 0.497 e. The highest BCUT2D eigenvalue weighted by molar-refractivity contribution is 7.21. The molecule has 146 valence electrons. The van der Waals surface area contributed by atoms with Gasteiger partial charge in [0.25, 0.3) is 0 Å². The predicted octanol–water partition coefficient (Wildman–Crippen LogP) is 7.18. The normalized spacial score (nSPS) is 11.2. The van der Waals surface area contributed by atoms with Crippen LogP contribution in [0.3, 0.4) is 0 Å². The fourth-order valence-corrected chi connectivity index (χ4v) is 3.77. The quantitative estimate of drug-likeness (QED) is 0.307. The van der Waals surface area contributed by atoms with Crippen LogP contribution in [0.5, 0.6) is 11.5 Å². The van der Waals surface area contributed by atoms with Crippen molar-refractivity contribution in [1.29, 1.82) is 0 Å². The van der Waals surface area contributed by atoms with Crippen molar-refractivity contribution in [1.82, 2.24) is 4.98 Å². The summed E-state index contributed by atoms with van der Waals surface area (Å²) in [4.78, 5) is 4.71. The summed E-state index contributed by atoms with van der Waals surface area (Å²) in [7, 11) is 1.67. The zero-order chi connectivity index (χ0) is 20.1. The van der Waals surface area contributed by atoms with Gasteiger partial charge in [0.1, 0.15) is 16.5 Å². The molecule has 1 aromatic heterocycles. The second-order valence-corrected chi connectivity index (χ2v) is 7.47. The molecule has 0 N–H and O–H groups in total. The number of nitrogens with zero attached hydrogens (tertiary/aromatic N) is 3. The molecule has 0 radical (unpaired) electrons. The molecular formula is C23H21N3O2S. The number of hydrogen-bond acceptors (Lipinski definition) is 6. The van der Waals surface area contributed by atoms with Crippen molar-refractivity contribution in [2.75, 3.05) is 13.7 Å². The molecule has 0 aliphatic rings. The molecule has 4 aromatic rings. The zero-order valence-electron chi connectivity index (χ0n) is 16.3. The lowest BCUT2D eigenvalue weighted by atomic mass is 10.2. The smallest absolute Gasteiger partial charge is 0.124 e. The second kappa shape index (κ2) is 8.84. The molecule has 0 saturated heterocycles. The molecule has 0 aliphatic carbocycles. The van der Waals surface area contributed by atoms with Crippen LogP contribution in [0.2, 0.25) is 0 Å². The van der Waals surface area contributed by atoms with Crippen LogP contribution in [0.15, 0.2) is 77.0 Å². The van der Waals surface area contributed by atoms with E-state index < -0.39 is 0 Å². The number of rotatable bonds is 7. The van der Waals surface area contributed by atoms with Crippen LogP contribution in [0.4, 0.5) is 11.4 Å². The number of methoxy groups -OCH3 is 1. The molecule has 5 nitrogen and oxygen atoms in total. The van der Waals surface area contributed by atoms with Crippen LogP contribution < -0.4 is 9.47 Å². The van der Waals surface area contributed by atoms with Crippen LogP contribution >= 0.6 is 11.3 Å². The van der Waals surface area contributed by atoms with Crippen molar-refractivity contribution >= 4 is 32.9 Å². The van der Waals surface area contributed by atoms with E-state index in [-0.39, 0.29) is 0 Å². The van der Waals surface area contributed by atoms with Gasteiger partial charge in [-0.05, 0) is 73.2 Å². The number of azo groups is 1. The van der Waals surface area contributed by atoms with Crippen molar-refractivity contribution in [2.45, 2.75) is 13.3 Å². The number of hydrogen-bond donors (Lipinski definition) is 0. The van der Waals surface area contributed by atoms with Crippen molar-refractivity contribution < 1.29 is 9.47 Å². The van der Waals surface area contributed by atoms with E-state index in [1.165, 1.54) is 0 Å². The lowest BCUT2D eigenvalue weighted by Gasteiger charge is -2.03. The van der Waals surface area contributed by atoms with Gasteiger partial charge in [0, 0.05) is 5.56 Å². The number of aromatic nitrogens is 1. The summed E-state index contributed by atoms with van der Waals surface area (Å²) in [6.07, 6.45) is 0.989. The van der Waals surface area contributed by atoms with Gasteiger partial charge in [-0.3, -0.25) is 0 Å². The zero-order valence-corrected chi connectivity index (χ0v) is 17.1. The minimum absolute atomic E-state index is 0.718. The summed E-state index contributed by atoms with van der Waals surface area (Å²) in [5.41, 5.74) is 3.61. The average molecular weight is 404 g/mol. The Morgan fingerprint density at radius 1 is 0.862 bits per heavy atom. The van der Waals surface area contributed by atoms with E-state index in [1.807, 2.05) is 66.7 Å². The Morgan fingerprint density at radius 3 is 2.17 bits per heavy atom. The van der Waals surface area contributed by atoms with Crippen LogP contribution in [-0.4, -0.2) is 18.7 Å². The molecule has 4 rings (SSSR count). The maximum Gasteiger partial charge on any atom is 0.124 e. The molecule has 0 bridgehead atoms. The van der Waals surface area contributed by atoms with Gasteiger partial charge in [-0.1, -0.05) is 6.92 Å². The number of fused-ring (bicyclic) bond motifs is 1. The highest BCUT2D eigenvalue weighted by Gasteiger charge is 2.07. The molecule has 0 saturated carbocycles. The summed E-state index contributed by atoms with van der Waals surface area (Å²) in [5.74, 6) is 1.69. The highest BCUT2D eigenvalue weighted by Crippen LogP contribution is 2.33. The van der Waals surface area contributed by atoms with E-state index in [4.69, 9.17) is 14.5 Å². The maximum absolute atomic E-state index is 5.58. The molecule has 0 spiro atoms. The van der Waals surface area contributed by atoms with E-state index >= 15 is 0 Å². The Bertz CT molecular complexity index is 1120. The predicted molar refractivity (Wildman–Crippen MR) is 118 cm³/mol. The Labute approximate surface area is 173 Å². The van der Waals surface area contributed by atoms with Crippen LogP contribution in [0, 0.1) is 0 Å². The molecule has 6 heteroatoms. The maximum atomic E-state index is 5.58. The van der Waals surface area contributed by atoms with Gasteiger partial charge in [0.15, 0.2) is 0 Å². The lowest BCUT2D eigenvalue weighted by Crippen LogP contribution is -1.93. The topological polar surface area (TPSA) is 56.1 Å². The van der Waals surface area contributed by atoms with Gasteiger partial charge < -0.3 is 9.47 Å². The summed E-state index contributed by atoms with van der Waals surface area (Å²) >= 11 is 1.65. The first-order valence-corrected chi connectivity index (χ1v) is 10.3. The Kier molecular flexibility index (Phi) is 5.81. The van der Waals surface area contributed by atoms with E-state index in [1.54, 1.807) is 18.4 Å². The van der Waals surface area contributed by atoms with Crippen molar-refractivity contribution in [2.24, 2.45) is 10.2 Å².